The number of amides is 1. The van der Waals surface area contributed by atoms with Crippen LogP contribution in [0.2, 0.25) is 0 Å². The summed E-state index contributed by atoms with van der Waals surface area (Å²) >= 11 is 0. The van der Waals surface area contributed by atoms with Gasteiger partial charge in [0.25, 0.3) is 5.91 Å². The van der Waals surface area contributed by atoms with Crippen molar-refractivity contribution in [3.63, 3.8) is 0 Å². The van der Waals surface area contributed by atoms with Crippen LogP contribution in [0, 0.1) is 11.0 Å². The number of carbonyl (C=O) groups excluding carboxylic acids is 1. The molecular weight excluding hydrogens is 299 g/mol. The molecule has 2 aliphatic rings. The summed E-state index contributed by atoms with van der Waals surface area (Å²) in [6, 6.07) is 11.3. The number of hydrogen-bond donors (Lipinski definition) is 0. The first-order valence-corrected chi connectivity index (χ1v) is 7.30. The summed E-state index contributed by atoms with van der Waals surface area (Å²) < 4.78 is 20.4. The van der Waals surface area contributed by atoms with Gasteiger partial charge in [-0.3, -0.25) is 9.69 Å². The molecule has 0 saturated heterocycles. The number of carbonyl (C=O) groups is 1. The standard InChI is InChI=1S/C17H13FN2O3/c18-13-6-2-1-4-11(13)16-12-5-3-7-14-17(12)19(8-9-23-14)15(21)10-20(16)22/h1-7H,8-10H2. The minimum atomic E-state index is -0.501. The summed E-state index contributed by atoms with van der Waals surface area (Å²) in [7, 11) is 0. The van der Waals surface area contributed by atoms with Crippen LogP contribution in [0.1, 0.15) is 11.1 Å². The van der Waals surface area contributed by atoms with Crippen LogP contribution < -0.4 is 9.64 Å². The lowest BCUT2D eigenvalue weighted by molar-refractivity contribution is -0.443. The van der Waals surface area contributed by atoms with Gasteiger partial charge in [-0.15, -0.1) is 0 Å². The van der Waals surface area contributed by atoms with Gasteiger partial charge in [-0.25, -0.2) is 4.39 Å². The van der Waals surface area contributed by atoms with Crippen LogP contribution in [0.3, 0.4) is 0 Å². The maximum Gasteiger partial charge on any atom is 0.294 e. The largest absolute Gasteiger partial charge is 0.623 e. The van der Waals surface area contributed by atoms with Crippen LogP contribution in [-0.4, -0.2) is 36.1 Å². The highest BCUT2D eigenvalue weighted by molar-refractivity contribution is 6.17. The third kappa shape index (κ3) is 2.06. The topological polar surface area (TPSA) is 55.6 Å². The Labute approximate surface area is 131 Å². The number of nitrogens with zero attached hydrogens (tertiary/aromatic N) is 2. The van der Waals surface area contributed by atoms with E-state index in [0.29, 0.717) is 34.9 Å². The Morgan fingerprint density at radius 2 is 1.91 bits per heavy atom. The van der Waals surface area contributed by atoms with Crippen LogP contribution in [0.5, 0.6) is 5.75 Å². The molecule has 0 spiro atoms. The second kappa shape index (κ2) is 5.08. The van der Waals surface area contributed by atoms with Gasteiger partial charge in [0, 0.05) is 0 Å². The molecule has 0 radical (unpaired) electrons. The van der Waals surface area contributed by atoms with Gasteiger partial charge in [-0.2, -0.15) is 4.74 Å². The quantitative estimate of drug-likeness (QED) is 0.597. The highest BCUT2D eigenvalue weighted by Gasteiger charge is 2.36. The van der Waals surface area contributed by atoms with E-state index in [2.05, 4.69) is 0 Å². The molecular formula is C17H13FN2O3. The SMILES string of the molecule is O=C1C[N+]([O-])=C(c2ccccc2F)c2cccc3c2N1CCO3. The van der Waals surface area contributed by atoms with E-state index in [1.807, 2.05) is 0 Å². The van der Waals surface area contributed by atoms with E-state index in [1.54, 1.807) is 41.3 Å². The third-order valence-corrected chi connectivity index (χ3v) is 4.05. The first-order chi connectivity index (χ1) is 11.2. The zero-order valence-electron chi connectivity index (χ0n) is 12.2. The molecule has 4 rings (SSSR count). The van der Waals surface area contributed by atoms with Crippen molar-refractivity contribution in [1.82, 2.24) is 0 Å². The molecule has 116 valence electrons. The van der Waals surface area contributed by atoms with Crippen molar-refractivity contribution >= 4 is 17.3 Å². The van der Waals surface area contributed by atoms with E-state index in [1.165, 1.54) is 6.07 Å². The van der Waals surface area contributed by atoms with Gasteiger partial charge < -0.3 is 9.94 Å². The van der Waals surface area contributed by atoms with E-state index in [9.17, 15) is 14.4 Å². The molecule has 2 heterocycles. The number of para-hydroxylation sites is 1. The van der Waals surface area contributed by atoms with Crippen molar-refractivity contribution < 1.29 is 18.7 Å². The summed E-state index contributed by atoms with van der Waals surface area (Å²) in [5.41, 5.74) is 1.38. The molecule has 0 saturated carbocycles. The van der Waals surface area contributed by atoms with Gasteiger partial charge in [0.15, 0.2) is 0 Å². The Kier molecular flexibility index (Phi) is 3.04. The van der Waals surface area contributed by atoms with E-state index in [0.717, 1.165) is 0 Å². The Morgan fingerprint density at radius 3 is 2.74 bits per heavy atom. The van der Waals surface area contributed by atoms with Crippen LogP contribution in [0.4, 0.5) is 10.1 Å². The summed E-state index contributed by atoms with van der Waals surface area (Å²) in [6.07, 6.45) is 0. The third-order valence-electron chi connectivity index (χ3n) is 4.05. The zero-order chi connectivity index (χ0) is 16.0. The average molecular weight is 312 g/mol. The fourth-order valence-electron chi connectivity index (χ4n) is 3.07. The van der Waals surface area contributed by atoms with Crippen LogP contribution in [0.25, 0.3) is 0 Å². The maximum absolute atomic E-state index is 14.2. The molecule has 0 N–H and O–H groups in total. The molecule has 1 amide bonds. The molecule has 0 atom stereocenters. The van der Waals surface area contributed by atoms with Crippen molar-refractivity contribution in [2.75, 3.05) is 24.6 Å². The summed E-state index contributed by atoms with van der Waals surface area (Å²) in [4.78, 5) is 13.9. The maximum atomic E-state index is 14.2. The minimum Gasteiger partial charge on any atom is -0.623 e. The molecule has 2 aromatic carbocycles. The fourth-order valence-corrected chi connectivity index (χ4v) is 3.07. The van der Waals surface area contributed by atoms with E-state index in [4.69, 9.17) is 4.74 Å². The molecule has 0 aliphatic carbocycles. The summed E-state index contributed by atoms with van der Waals surface area (Å²) in [5.74, 6) is -0.284. The smallest absolute Gasteiger partial charge is 0.294 e. The lowest BCUT2D eigenvalue weighted by atomic mass is 9.98. The lowest BCUT2D eigenvalue weighted by Gasteiger charge is -2.28. The molecule has 0 bridgehead atoms. The molecule has 23 heavy (non-hydrogen) atoms. The highest BCUT2D eigenvalue weighted by atomic mass is 19.1. The van der Waals surface area contributed by atoms with Crippen molar-refractivity contribution in [3.05, 3.63) is 64.6 Å². The van der Waals surface area contributed by atoms with E-state index in [-0.39, 0.29) is 23.7 Å². The molecule has 0 aromatic heterocycles. The van der Waals surface area contributed by atoms with Crippen LogP contribution in [0.15, 0.2) is 42.5 Å². The average Bonchev–Trinajstić information content (AvgIpc) is 2.66. The van der Waals surface area contributed by atoms with Crippen LogP contribution in [-0.2, 0) is 4.79 Å². The van der Waals surface area contributed by atoms with Gasteiger partial charge in [0.2, 0.25) is 12.3 Å². The van der Waals surface area contributed by atoms with Gasteiger partial charge in [-0.1, -0.05) is 18.2 Å². The summed E-state index contributed by atoms with van der Waals surface area (Å²) in [5, 5.41) is 12.6. The number of anilines is 1. The number of hydrogen-bond acceptors (Lipinski definition) is 3. The normalized spacial score (nSPS) is 16.7. The molecule has 2 aromatic rings. The second-order valence-corrected chi connectivity index (χ2v) is 5.41. The van der Waals surface area contributed by atoms with Crippen molar-refractivity contribution in [2.24, 2.45) is 0 Å². The number of ether oxygens (including phenoxy) is 1. The highest BCUT2D eigenvalue weighted by Crippen LogP contribution is 2.37. The molecule has 5 nitrogen and oxygen atoms in total. The first-order valence-electron chi connectivity index (χ1n) is 7.30. The minimum absolute atomic E-state index is 0.154. The van der Waals surface area contributed by atoms with Gasteiger partial charge in [0.1, 0.15) is 23.9 Å². The number of hydroxylamine groups is 1. The first kappa shape index (κ1) is 13.8. The molecule has 0 fully saturated rings. The van der Waals surface area contributed by atoms with E-state index >= 15 is 0 Å². The van der Waals surface area contributed by atoms with Crippen LogP contribution >= 0.6 is 0 Å². The van der Waals surface area contributed by atoms with Crippen molar-refractivity contribution in [1.29, 1.82) is 0 Å². The van der Waals surface area contributed by atoms with E-state index < -0.39 is 5.82 Å². The molecule has 2 aliphatic heterocycles. The van der Waals surface area contributed by atoms with Gasteiger partial charge in [-0.05, 0) is 24.3 Å². The number of rotatable bonds is 1. The second-order valence-electron chi connectivity index (χ2n) is 5.41. The number of halogens is 1. The zero-order valence-corrected chi connectivity index (χ0v) is 12.2. The fraction of sp³-hybridized carbons (Fsp3) is 0.176. The van der Waals surface area contributed by atoms with Crippen molar-refractivity contribution in [3.8, 4) is 5.75 Å². The predicted octanol–water partition coefficient (Wildman–Crippen LogP) is 1.91. The summed E-state index contributed by atoms with van der Waals surface area (Å²) in [6.45, 7) is 0.398. The lowest BCUT2D eigenvalue weighted by Crippen LogP contribution is -2.40. The molecule has 6 heteroatoms. The van der Waals surface area contributed by atoms with Gasteiger partial charge >= 0.3 is 0 Å². The Balaban J connectivity index is 2.04. The molecule has 0 unspecified atom stereocenters. The monoisotopic (exact) mass is 312 g/mol. The Bertz CT molecular complexity index is 847. The Morgan fingerprint density at radius 1 is 1.13 bits per heavy atom. The predicted molar refractivity (Wildman–Crippen MR) is 82.4 cm³/mol. The van der Waals surface area contributed by atoms with Crippen molar-refractivity contribution in [2.45, 2.75) is 0 Å². The Hall–Kier alpha value is -2.89. The van der Waals surface area contributed by atoms with Gasteiger partial charge in [0.05, 0.1) is 17.7 Å². The number of benzene rings is 2.